The molecule has 1 aliphatic heterocycles. The van der Waals surface area contributed by atoms with Crippen LogP contribution in [0.15, 0.2) is 0 Å². The summed E-state index contributed by atoms with van der Waals surface area (Å²) >= 11 is 0. The van der Waals surface area contributed by atoms with Crippen molar-refractivity contribution >= 4 is 0 Å². The second kappa shape index (κ2) is 4.83. The summed E-state index contributed by atoms with van der Waals surface area (Å²) in [6, 6.07) is 0.639. The minimum Gasteiger partial charge on any atom is -0.316 e. The fraction of sp³-hybridized carbons (Fsp3) is 1.00. The third-order valence-corrected chi connectivity index (χ3v) is 2.97. The van der Waals surface area contributed by atoms with Gasteiger partial charge in [0.1, 0.15) is 0 Å². The molecule has 2 nitrogen and oxygen atoms in total. The first-order valence-corrected chi connectivity index (χ1v) is 5.15. The van der Waals surface area contributed by atoms with Crippen molar-refractivity contribution in [3.63, 3.8) is 0 Å². The Kier molecular flexibility index (Phi) is 4.02. The number of hydrogen-bond donors (Lipinski definition) is 1. The first kappa shape index (κ1) is 10.0. The molecule has 0 saturated carbocycles. The molecular formula is C10H22N2. The van der Waals surface area contributed by atoms with Gasteiger partial charge >= 0.3 is 0 Å². The molecule has 0 aromatic carbocycles. The molecule has 1 heterocycles. The van der Waals surface area contributed by atoms with E-state index in [1.54, 1.807) is 0 Å². The van der Waals surface area contributed by atoms with Crippen molar-refractivity contribution < 1.29 is 0 Å². The van der Waals surface area contributed by atoms with Crippen LogP contribution in [0.4, 0.5) is 0 Å². The molecule has 1 saturated heterocycles. The Morgan fingerprint density at radius 3 is 2.83 bits per heavy atom. The van der Waals surface area contributed by atoms with Crippen LogP contribution in [0.3, 0.4) is 0 Å². The van der Waals surface area contributed by atoms with Crippen LogP contribution in [-0.2, 0) is 0 Å². The van der Waals surface area contributed by atoms with Crippen LogP contribution >= 0.6 is 0 Å². The number of nitrogens with one attached hydrogen (secondary N) is 1. The standard InChI is InChI=1S/C10H22N2/c1-4-10-5-6-12(8-10)7-9(2)11-3/h9-11H,4-8H2,1-3H3. The van der Waals surface area contributed by atoms with Gasteiger partial charge < -0.3 is 10.2 Å². The van der Waals surface area contributed by atoms with Crippen LogP contribution in [0.1, 0.15) is 26.7 Å². The molecule has 12 heavy (non-hydrogen) atoms. The van der Waals surface area contributed by atoms with Gasteiger partial charge in [0, 0.05) is 19.1 Å². The fourth-order valence-electron chi connectivity index (χ4n) is 1.89. The van der Waals surface area contributed by atoms with E-state index in [2.05, 4.69) is 24.1 Å². The molecule has 0 amide bonds. The Hall–Kier alpha value is -0.0800. The Bertz CT molecular complexity index is 125. The van der Waals surface area contributed by atoms with Gasteiger partial charge in [-0.1, -0.05) is 13.3 Å². The Morgan fingerprint density at radius 2 is 2.33 bits per heavy atom. The van der Waals surface area contributed by atoms with E-state index < -0.39 is 0 Å². The summed E-state index contributed by atoms with van der Waals surface area (Å²) in [5.74, 6) is 0.967. The average molecular weight is 170 g/mol. The van der Waals surface area contributed by atoms with E-state index in [1.807, 2.05) is 7.05 Å². The SMILES string of the molecule is CCC1CCN(CC(C)NC)C1. The summed E-state index contributed by atoms with van der Waals surface area (Å²) in [4.78, 5) is 2.58. The molecule has 0 radical (unpaired) electrons. The van der Waals surface area contributed by atoms with E-state index in [9.17, 15) is 0 Å². The summed E-state index contributed by atoms with van der Waals surface area (Å²) in [6.45, 7) is 8.40. The van der Waals surface area contributed by atoms with E-state index in [0.717, 1.165) is 5.92 Å². The van der Waals surface area contributed by atoms with Crippen molar-refractivity contribution in [2.24, 2.45) is 5.92 Å². The summed E-state index contributed by atoms with van der Waals surface area (Å²) in [6.07, 6.45) is 2.76. The van der Waals surface area contributed by atoms with Crippen LogP contribution in [-0.4, -0.2) is 37.6 Å². The van der Waals surface area contributed by atoms with Gasteiger partial charge in [-0.15, -0.1) is 0 Å². The molecule has 2 unspecified atom stereocenters. The van der Waals surface area contributed by atoms with Gasteiger partial charge in [0.25, 0.3) is 0 Å². The molecule has 0 aromatic heterocycles. The quantitative estimate of drug-likeness (QED) is 0.684. The lowest BCUT2D eigenvalue weighted by Gasteiger charge is -2.20. The number of likely N-dealkylation sites (tertiary alicyclic amines) is 1. The summed E-state index contributed by atoms with van der Waals surface area (Å²) < 4.78 is 0. The van der Waals surface area contributed by atoms with Gasteiger partial charge in [0.05, 0.1) is 0 Å². The molecule has 1 fully saturated rings. The maximum atomic E-state index is 3.28. The van der Waals surface area contributed by atoms with Crippen molar-refractivity contribution in [2.75, 3.05) is 26.7 Å². The zero-order valence-corrected chi connectivity index (χ0v) is 8.64. The lowest BCUT2D eigenvalue weighted by atomic mass is 10.1. The molecule has 0 aliphatic carbocycles. The highest BCUT2D eigenvalue weighted by atomic mass is 15.2. The molecule has 2 heteroatoms. The first-order chi connectivity index (χ1) is 5.76. The highest BCUT2D eigenvalue weighted by molar-refractivity contribution is 4.76. The topological polar surface area (TPSA) is 15.3 Å². The average Bonchev–Trinajstić information content (AvgIpc) is 2.52. The number of nitrogens with zero attached hydrogens (tertiary/aromatic N) is 1. The zero-order valence-electron chi connectivity index (χ0n) is 8.64. The third-order valence-electron chi connectivity index (χ3n) is 2.97. The van der Waals surface area contributed by atoms with Crippen LogP contribution < -0.4 is 5.32 Å². The van der Waals surface area contributed by atoms with Crippen molar-refractivity contribution in [1.29, 1.82) is 0 Å². The van der Waals surface area contributed by atoms with Crippen LogP contribution in [0.25, 0.3) is 0 Å². The molecule has 1 N–H and O–H groups in total. The van der Waals surface area contributed by atoms with Crippen LogP contribution in [0, 0.1) is 5.92 Å². The normalized spacial score (nSPS) is 27.8. The zero-order chi connectivity index (χ0) is 8.97. The molecule has 1 aliphatic rings. The second-order valence-electron chi connectivity index (χ2n) is 4.01. The largest absolute Gasteiger partial charge is 0.316 e. The molecule has 0 aromatic rings. The van der Waals surface area contributed by atoms with Crippen molar-refractivity contribution in [3.05, 3.63) is 0 Å². The van der Waals surface area contributed by atoms with E-state index in [-0.39, 0.29) is 0 Å². The maximum absolute atomic E-state index is 3.28. The summed E-state index contributed by atoms with van der Waals surface area (Å²) in [5.41, 5.74) is 0. The highest BCUT2D eigenvalue weighted by Crippen LogP contribution is 2.18. The van der Waals surface area contributed by atoms with E-state index in [4.69, 9.17) is 0 Å². The van der Waals surface area contributed by atoms with Crippen molar-refractivity contribution in [3.8, 4) is 0 Å². The van der Waals surface area contributed by atoms with Gasteiger partial charge in [0.15, 0.2) is 0 Å². The van der Waals surface area contributed by atoms with Crippen LogP contribution in [0.5, 0.6) is 0 Å². The Balaban J connectivity index is 2.18. The minimum atomic E-state index is 0.639. The monoisotopic (exact) mass is 170 g/mol. The van der Waals surface area contributed by atoms with Crippen molar-refractivity contribution in [2.45, 2.75) is 32.7 Å². The predicted molar refractivity (Wildman–Crippen MR) is 53.4 cm³/mol. The maximum Gasteiger partial charge on any atom is 0.0163 e. The lowest BCUT2D eigenvalue weighted by molar-refractivity contribution is 0.293. The van der Waals surface area contributed by atoms with E-state index in [0.29, 0.717) is 6.04 Å². The number of rotatable bonds is 4. The van der Waals surface area contributed by atoms with Gasteiger partial charge in [-0.05, 0) is 32.9 Å². The van der Waals surface area contributed by atoms with Gasteiger partial charge in [-0.25, -0.2) is 0 Å². The molecular weight excluding hydrogens is 148 g/mol. The molecule has 0 spiro atoms. The number of hydrogen-bond acceptors (Lipinski definition) is 2. The first-order valence-electron chi connectivity index (χ1n) is 5.15. The molecule has 1 rings (SSSR count). The minimum absolute atomic E-state index is 0.639. The Labute approximate surface area is 76.3 Å². The summed E-state index contributed by atoms with van der Waals surface area (Å²) in [5, 5.41) is 3.28. The van der Waals surface area contributed by atoms with Gasteiger partial charge in [-0.2, -0.15) is 0 Å². The fourth-order valence-corrected chi connectivity index (χ4v) is 1.89. The molecule has 2 atom stereocenters. The molecule has 72 valence electrons. The smallest absolute Gasteiger partial charge is 0.0163 e. The lowest BCUT2D eigenvalue weighted by Crippen LogP contribution is -2.36. The molecule has 0 bridgehead atoms. The highest BCUT2D eigenvalue weighted by Gasteiger charge is 2.21. The summed E-state index contributed by atoms with van der Waals surface area (Å²) in [7, 11) is 2.04. The predicted octanol–water partition coefficient (Wildman–Crippen LogP) is 1.33. The van der Waals surface area contributed by atoms with Crippen LogP contribution in [0.2, 0.25) is 0 Å². The van der Waals surface area contributed by atoms with Gasteiger partial charge in [0.2, 0.25) is 0 Å². The van der Waals surface area contributed by atoms with E-state index >= 15 is 0 Å². The number of likely N-dealkylation sites (N-methyl/N-ethyl adjacent to an activating group) is 1. The second-order valence-corrected chi connectivity index (χ2v) is 4.01. The van der Waals surface area contributed by atoms with Gasteiger partial charge in [-0.3, -0.25) is 0 Å². The van der Waals surface area contributed by atoms with Crippen molar-refractivity contribution in [1.82, 2.24) is 10.2 Å². The third kappa shape index (κ3) is 2.76. The van der Waals surface area contributed by atoms with E-state index in [1.165, 1.54) is 32.5 Å². The Morgan fingerprint density at radius 1 is 1.58 bits per heavy atom.